The van der Waals surface area contributed by atoms with E-state index in [4.69, 9.17) is 5.11 Å². The van der Waals surface area contributed by atoms with Gasteiger partial charge in [-0.25, -0.2) is 0 Å². The normalized spacial score (nSPS) is 11.2. The first-order chi connectivity index (χ1) is 8.72. The summed E-state index contributed by atoms with van der Waals surface area (Å²) in [6, 6.07) is 12.0. The number of carboxylic acids is 1. The van der Waals surface area contributed by atoms with Gasteiger partial charge < -0.3 is 5.11 Å². The predicted molar refractivity (Wildman–Crippen MR) is 76.6 cm³/mol. The first-order valence-corrected chi connectivity index (χ1v) is 6.95. The Bertz CT molecular complexity index is 256. The summed E-state index contributed by atoms with van der Waals surface area (Å²) < 4.78 is 0. The fourth-order valence-electron chi connectivity index (χ4n) is 1.70. The Kier molecular flexibility index (Phi) is 11.3. The van der Waals surface area contributed by atoms with Gasteiger partial charge in [-0.3, -0.25) is 4.79 Å². The molecule has 2 nitrogen and oxygen atoms in total. The van der Waals surface area contributed by atoms with Crippen molar-refractivity contribution in [2.45, 2.75) is 52.4 Å². The lowest BCUT2D eigenvalue weighted by Gasteiger charge is -2.08. The second kappa shape index (κ2) is 12.2. The molecule has 0 aromatic heterocycles. The number of carboxylic acid groups (broad SMARTS) is 1. The molecule has 1 unspecified atom stereocenters. The Morgan fingerprint density at radius 3 is 1.78 bits per heavy atom. The highest BCUT2D eigenvalue weighted by molar-refractivity contribution is 5.69. The molecule has 0 aliphatic heterocycles. The van der Waals surface area contributed by atoms with Crippen molar-refractivity contribution >= 4 is 5.97 Å². The van der Waals surface area contributed by atoms with Gasteiger partial charge in [0, 0.05) is 0 Å². The summed E-state index contributed by atoms with van der Waals surface area (Å²) in [4.78, 5) is 10.6. The summed E-state index contributed by atoms with van der Waals surface area (Å²) in [6.45, 7) is 4.10. The van der Waals surface area contributed by atoms with Gasteiger partial charge in [0.1, 0.15) is 0 Å². The third kappa shape index (κ3) is 9.88. The van der Waals surface area contributed by atoms with Crippen molar-refractivity contribution in [3.63, 3.8) is 0 Å². The van der Waals surface area contributed by atoms with Crippen LogP contribution in [0.1, 0.15) is 52.4 Å². The number of benzene rings is 1. The molecule has 0 amide bonds. The van der Waals surface area contributed by atoms with Crippen molar-refractivity contribution in [1.82, 2.24) is 0 Å². The SMILES string of the molecule is CCCCCCC(CC)C(=O)O.c1ccccc1. The van der Waals surface area contributed by atoms with Crippen molar-refractivity contribution < 1.29 is 9.90 Å². The van der Waals surface area contributed by atoms with Gasteiger partial charge in [-0.15, -0.1) is 0 Å². The van der Waals surface area contributed by atoms with Gasteiger partial charge in [-0.2, -0.15) is 0 Å². The lowest BCUT2D eigenvalue weighted by molar-refractivity contribution is -0.142. The number of carbonyl (C=O) groups is 1. The fraction of sp³-hybridized carbons (Fsp3) is 0.562. The lowest BCUT2D eigenvalue weighted by atomic mass is 9.99. The molecule has 1 atom stereocenters. The van der Waals surface area contributed by atoms with Crippen LogP contribution in [0.2, 0.25) is 0 Å². The minimum absolute atomic E-state index is 0.109. The molecule has 0 saturated heterocycles. The highest BCUT2D eigenvalue weighted by Gasteiger charge is 2.13. The molecule has 0 saturated carbocycles. The Morgan fingerprint density at radius 2 is 1.44 bits per heavy atom. The van der Waals surface area contributed by atoms with Crippen LogP contribution in [-0.4, -0.2) is 11.1 Å². The van der Waals surface area contributed by atoms with Crippen LogP contribution in [0.3, 0.4) is 0 Å². The number of hydrogen-bond donors (Lipinski definition) is 1. The van der Waals surface area contributed by atoms with E-state index in [1.807, 2.05) is 43.3 Å². The van der Waals surface area contributed by atoms with Crippen molar-refractivity contribution in [3.05, 3.63) is 36.4 Å². The predicted octanol–water partition coefficient (Wildman–Crippen LogP) is 4.75. The molecule has 0 heterocycles. The van der Waals surface area contributed by atoms with Gasteiger partial charge in [0.15, 0.2) is 0 Å². The largest absolute Gasteiger partial charge is 0.481 e. The molecular weight excluding hydrogens is 224 g/mol. The second-order valence-corrected chi connectivity index (χ2v) is 4.45. The van der Waals surface area contributed by atoms with Crippen molar-refractivity contribution in [2.75, 3.05) is 0 Å². The van der Waals surface area contributed by atoms with E-state index in [2.05, 4.69) is 6.92 Å². The molecule has 18 heavy (non-hydrogen) atoms. The molecule has 0 radical (unpaired) electrons. The maximum Gasteiger partial charge on any atom is 0.306 e. The van der Waals surface area contributed by atoms with E-state index in [-0.39, 0.29) is 5.92 Å². The zero-order valence-corrected chi connectivity index (χ0v) is 11.6. The zero-order chi connectivity index (χ0) is 13.6. The molecule has 1 aromatic rings. The van der Waals surface area contributed by atoms with Crippen LogP contribution < -0.4 is 0 Å². The molecule has 0 bridgehead atoms. The maximum atomic E-state index is 10.6. The summed E-state index contributed by atoms with van der Waals surface area (Å²) >= 11 is 0. The molecule has 1 aromatic carbocycles. The van der Waals surface area contributed by atoms with E-state index in [0.717, 1.165) is 19.3 Å². The zero-order valence-electron chi connectivity index (χ0n) is 11.6. The van der Waals surface area contributed by atoms with E-state index >= 15 is 0 Å². The molecule has 0 fully saturated rings. The van der Waals surface area contributed by atoms with Crippen LogP contribution >= 0.6 is 0 Å². The standard InChI is InChI=1S/C10H20O2.C6H6/c1-3-5-6-7-8-9(4-2)10(11)12;1-2-4-6-5-3-1/h9H,3-8H2,1-2H3,(H,11,12);1-6H. The first kappa shape index (κ1) is 16.7. The monoisotopic (exact) mass is 250 g/mol. The number of aliphatic carboxylic acids is 1. The fourth-order valence-corrected chi connectivity index (χ4v) is 1.70. The topological polar surface area (TPSA) is 37.3 Å². The highest BCUT2D eigenvalue weighted by atomic mass is 16.4. The molecule has 0 spiro atoms. The van der Waals surface area contributed by atoms with Crippen LogP contribution in [0, 0.1) is 5.92 Å². The van der Waals surface area contributed by atoms with Crippen LogP contribution in [0.5, 0.6) is 0 Å². The third-order valence-corrected chi connectivity index (χ3v) is 2.91. The Morgan fingerprint density at radius 1 is 0.944 bits per heavy atom. The highest BCUT2D eigenvalue weighted by Crippen LogP contribution is 2.13. The average molecular weight is 250 g/mol. The smallest absolute Gasteiger partial charge is 0.306 e. The van der Waals surface area contributed by atoms with Gasteiger partial charge in [0.05, 0.1) is 5.92 Å². The molecule has 1 N–H and O–H groups in total. The van der Waals surface area contributed by atoms with E-state index in [1.54, 1.807) is 0 Å². The summed E-state index contributed by atoms with van der Waals surface area (Å²) in [7, 11) is 0. The first-order valence-electron chi connectivity index (χ1n) is 6.95. The summed E-state index contributed by atoms with van der Waals surface area (Å²) in [5.74, 6) is -0.740. The van der Waals surface area contributed by atoms with Gasteiger partial charge in [0.2, 0.25) is 0 Å². The van der Waals surface area contributed by atoms with Crippen molar-refractivity contribution in [2.24, 2.45) is 5.92 Å². The van der Waals surface area contributed by atoms with E-state index in [1.165, 1.54) is 19.3 Å². The Balaban J connectivity index is 0.000000397. The molecule has 102 valence electrons. The maximum absolute atomic E-state index is 10.6. The number of rotatable bonds is 7. The molecule has 0 aliphatic rings. The quantitative estimate of drug-likeness (QED) is 0.709. The van der Waals surface area contributed by atoms with Gasteiger partial charge in [-0.05, 0) is 12.8 Å². The number of unbranched alkanes of at least 4 members (excludes halogenated alkanes) is 3. The Hall–Kier alpha value is -1.31. The van der Waals surface area contributed by atoms with Crippen LogP contribution in [0.25, 0.3) is 0 Å². The average Bonchev–Trinajstić information content (AvgIpc) is 2.41. The Labute approximate surface area is 111 Å². The summed E-state index contributed by atoms with van der Waals surface area (Å²) in [5, 5.41) is 8.73. The van der Waals surface area contributed by atoms with Gasteiger partial charge in [-0.1, -0.05) is 75.9 Å². The molecule has 2 heteroatoms. The minimum atomic E-state index is -0.631. The van der Waals surface area contributed by atoms with E-state index in [9.17, 15) is 4.79 Å². The summed E-state index contributed by atoms with van der Waals surface area (Å²) in [6.07, 6.45) is 6.31. The van der Waals surface area contributed by atoms with Crippen LogP contribution in [0.15, 0.2) is 36.4 Å². The molecular formula is C16H26O2. The summed E-state index contributed by atoms with van der Waals surface area (Å²) in [5.41, 5.74) is 0. The van der Waals surface area contributed by atoms with Crippen molar-refractivity contribution in [1.29, 1.82) is 0 Å². The van der Waals surface area contributed by atoms with Gasteiger partial charge >= 0.3 is 5.97 Å². The molecule has 0 aliphatic carbocycles. The van der Waals surface area contributed by atoms with Crippen molar-refractivity contribution in [3.8, 4) is 0 Å². The lowest BCUT2D eigenvalue weighted by Crippen LogP contribution is -2.12. The number of hydrogen-bond acceptors (Lipinski definition) is 1. The minimum Gasteiger partial charge on any atom is -0.481 e. The molecule has 1 rings (SSSR count). The van der Waals surface area contributed by atoms with Crippen LogP contribution in [0.4, 0.5) is 0 Å². The van der Waals surface area contributed by atoms with E-state index < -0.39 is 5.97 Å². The second-order valence-electron chi connectivity index (χ2n) is 4.45. The third-order valence-electron chi connectivity index (χ3n) is 2.91. The van der Waals surface area contributed by atoms with Gasteiger partial charge in [0.25, 0.3) is 0 Å². The van der Waals surface area contributed by atoms with E-state index in [0.29, 0.717) is 0 Å². The van der Waals surface area contributed by atoms with Crippen LogP contribution in [-0.2, 0) is 4.79 Å².